The van der Waals surface area contributed by atoms with Gasteiger partial charge in [-0.1, -0.05) is 0 Å². The molecule has 4 aromatic carbocycles. The fourth-order valence-electron chi connectivity index (χ4n) is 5.59. The van der Waals surface area contributed by atoms with Gasteiger partial charge in [0.05, 0.1) is 0 Å². The van der Waals surface area contributed by atoms with Crippen LogP contribution in [-0.2, 0) is 32.8 Å². The molecular formula is C34H31Cl2InN2O2Zr. The number of hydrogen-bond donors (Lipinski definition) is 2. The molecule has 42 heavy (non-hydrogen) atoms. The third kappa shape index (κ3) is 7.58. The van der Waals surface area contributed by atoms with Crippen molar-refractivity contribution >= 4 is 48.5 Å². The number of rotatable bonds is 8. The molecular weight excluding hydrogens is 745 g/mol. The fourth-order valence-corrected chi connectivity index (χ4v) is 11.0. The van der Waals surface area contributed by atoms with E-state index in [2.05, 4.69) is 130 Å². The minimum Gasteiger partial charge on any atom is -1.00 e. The average molecular weight is 777 g/mol. The maximum atomic E-state index is 9.47. The van der Waals surface area contributed by atoms with Crippen LogP contribution in [0.25, 0.3) is 34.4 Å². The van der Waals surface area contributed by atoms with Gasteiger partial charge in [-0.05, 0) is 0 Å². The van der Waals surface area contributed by atoms with Crippen LogP contribution in [0.2, 0.25) is 0 Å². The first-order valence-corrected chi connectivity index (χ1v) is 20.3. The minimum absolute atomic E-state index is 0. The summed E-state index contributed by atoms with van der Waals surface area (Å²) in [5.41, 5.74) is 14.5. The topological polar surface area (TPSA) is 58.2 Å². The van der Waals surface area contributed by atoms with E-state index in [1.807, 2.05) is 0 Å². The third-order valence-corrected chi connectivity index (χ3v) is 15.0. The largest absolute Gasteiger partial charge is 1.00 e. The van der Waals surface area contributed by atoms with E-state index in [1.165, 1.54) is 33.4 Å². The van der Waals surface area contributed by atoms with Gasteiger partial charge in [-0.3, -0.25) is 0 Å². The van der Waals surface area contributed by atoms with Crippen molar-refractivity contribution in [3.8, 4) is 22.3 Å². The van der Waals surface area contributed by atoms with Crippen molar-refractivity contribution in [1.82, 2.24) is 6.61 Å². The van der Waals surface area contributed by atoms with E-state index < -0.39 is 46.7 Å². The van der Waals surface area contributed by atoms with E-state index in [1.54, 1.807) is 22.3 Å². The van der Waals surface area contributed by atoms with E-state index in [4.69, 9.17) is 0 Å². The molecule has 8 heteroatoms. The Morgan fingerprint density at radius 3 is 1.38 bits per heavy atom. The Balaban J connectivity index is 0.000000483. The zero-order valence-electron chi connectivity index (χ0n) is 23.5. The molecule has 0 radical (unpaired) electrons. The number of hydrogen-bond acceptors (Lipinski definition) is 2. The van der Waals surface area contributed by atoms with Gasteiger partial charge in [0.2, 0.25) is 0 Å². The first-order chi connectivity index (χ1) is 19.6. The molecule has 4 nitrogen and oxygen atoms in total. The van der Waals surface area contributed by atoms with Crippen LogP contribution in [-0.4, -0.2) is 36.3 Å². The number of allylic oxidation sites excluding steroid dienone is 2. The van der Waals surface area contributed by atoms with Crippen molar-refractivity contribution in [3.63, 3.8) is 0 Å². The molecule has 4 aromatic rings. The molecule has 0 heterocycles. The Hall–Kier alpha value is -2.37. The normalized spacial score (nSPS) is 15.4. The summed E-state index contributed by atoms with van der Waals surface area (Å²) in [7, 11) is 0. The Morgan fingerprint density at radius 1 is 0.595 bits per heavy atom. The van der Waals surface area contributed by atoms with Gasteiger partial charge in [0.1, 0.15) is 0 Å². The Morgan fingerprint density at radius 2 is 1.00 bits per heavy atom. The van der Waals surface area contributed by atoms with Crippen molar-refractivity contribution in [1.29, 1.82) is 0 Å². The molecule has 0 spiro atoms. The van der Waals surface area contributed by atoms with Gasteiger partial charge in [0.15, 0.2) is 0 Å². The molecule has 0 aliphatic heterocycles. The minimum atomic E-state index is -1.35. The number of halogens is 2. The number of benzene rings is 4. The third-order valence-electron chi connectivity index (χ3n) is 7.43. The number of amides is 2. The van der Waals surface area contributed by atoms with Gasteiger partial charge in [-0.25, -0.2) is 0 Å². The van der Waals surface area contributed by atoms with E-state index in [-0.39, 0.29) is 24.8 Å². The molecule has 0 aromatic heterocycles. The van der Waals surface area contributed by atoms with Crippen LogP contribution in [0, 0.1) is 0 Å². The van der Waals surface area contributed by atoms with Gasteiger partial charge in [-0.15, -0.1) is 0 Å². The van der Waals surface area contributed by atoms with Crippen LogP contribution < -0.4 is 31.4 Å². The van der Waals surface area contributed by atoms with Crippen LogP contribution in [0.5, 0.6) is 0 Å². The molecule has 0 fully saturated rings. The summed E-state index contributed by atoms with van der Waals surface area (Å²) in [5, 5.41) is 0. The molecule has 2 atom stereocenters. The SMILES string of the molecule is CC1=Cc2c(-c3ccccc3)cccc2[CH]1[Zr+2][CH]1C(C)=Cc2c(-c3ccccc3)cccc21.O=C[NH][InH][NH]C=O.[Cl-].[Cl-]. The number of fused-ring (bicyclic) bond motifs is 2. The van der Waals surface area contributed by atoms with Crippen LogP contribution in [0.1, 0.15) is 43.4 Å². The predicted molar refractivity (Wildman–Crippen MR) is 162 cm³/mol. The molecule has 210 valence electrons. The summed E-state index contributed by atoms with van der Waals surface area (Å²) in [6.07, 6.45) is 6.15. The van der Waals surface area contributed by atoms with Gasteiger partial charge in [0, 0.05) is 0 Å². The van der Waals surface area contributed by atoms with Gasteiger partial charge in [0.25, 0.3) is 0 Å². The van der Waals surface area contributed by atoms with E-state index in [0.717, 1.165) is 0 Å². The smallest absolute Gasteiger partial charge is 1.00 e. The van der Waals surface area contributed by atoms with Crippen LogP contribution in [0.3, 0.4) is 0 Å². The maximum Gasteiger partial charge on any atom is -1.00 e. The summed E-state index contributed by atoms with van der Waals surface area (Å²) in [4.78, 5) is 18.9. The van der Waals surface area contributed by atoms with E-state index in [9.17, 15) is 9.59 Å². The summed E-state index contributed by atoms with van der Waals surface area (Å²) in [6.45, 7) is 4.71. The molecule has 6 rings (SSSR count). The monoisotopic (exact) mass is 774 g/mol. The van der Waals surface area contributed by atoms with Crippen LogP contribution in [0.4, 0.5) is 0 Å². The number of carbonyl (C=O) groups excluding carboxylic acids is 2. The molecule has 0 saturated heterocycles. The standard InChI is InChI=1S/2C16H13.2CH3NO.2ClH.In.Zr.H/c2*1-12-10-14-8-5-9-15(16(14)11-12)13-6-3-2-4-7-13;2*2-1-3;;;;;/h2*2-11H,1H3;2*1H,(H2,2,3);2*1H;;;/q;;;;;;2*+2;/p-4. The number of nitrogens with one attached hydrogen (secondary N) is 2. The second-order valence-electron chi connectivity index (χ2n) is 9.98. The summed E-state index contributed by atoms with van der Waals surface area (Å²) < 4.78 is 6.14. The van der Waals surface area contributed by atoms with Gasteiger partial charge in [-0.2, -0.15) is 0 Å². The molecule has 2 amide bonds. The zero-order chi connectivity index (χ0) is 27.9. The number of carbonyl (C=O) groups is 2. The van der Waals surface area contributed by atoms with Crippen molar-refractivity contribution in [2.75, 3.05) is 0 Å². The summed E-state index contributed by atoms with van der Waals surface area (Å²) in [5.74, 6) is 0. The predicted octanol–water partition coefficient (Wildman–Crippen LogP) is 0.472. The Kier molecular flexibility index (Phi) is 13.4. The second kappa shape index (κ2) is 16.5. The van der Waals surface area contributed by atoms with Crippen molar-refractivity contribution < 1.29 is 57.6 Å². The first-order valence-electron chi connectivity index (χ1n) is 13.5. The fraction of sp³-hybridized carbons (Fsp3) is 0.118. The van der Waals surface area contributed by atoms with E-state index >= 15 is 0 Å². The van der Waals surface area contributed by atoms with Crippen LogP contribution in [0.15, 0.2) is 108 Å². The molecule has 2 aliphatic carbocycles. The van der Waals surface area contributed by atoms with Crippen molar-refractivity contribution in [3.05, 3.63) is 130 Å². The van der Waals surface area contributed by atoms with Gasteiger partial charge < -0.3 is 24.8 Å². The van der Waals surface area contributed by atoms with Gasteiger partial charge >= 0.3 is 262 Å². The molecule has 2 unspecified atom stereocenters. The zero-order valence-corrected chi connectivity index (χ0v) is 31.5. The maximum absolute atomic E-state index is 9.47. The Bertz CT molecular complexity index is 1460. The molecule has 0 bridgehead atoms. The first kappa shape index (κ1) is 34.1. The molecule has 2 N–H and O–H groups in total. The van der Waals surface area contributed by atoms with E-state index in [0.29, 0.717) is 20.1 Å². The quantitative estimate of drug-likeness (QED) is 0.202. The van der Waals surface area contributed by atoms with Crippen molar-refractivity contribution in [2.45, 2.75) is 21.1 Å². The Labute approximate surface area is 284 Å². The summed E-state index contributed by atoms with van der Waals surface area (Å²) in [6, 6.07) is 35.6. The molecule has 0 saturated carbocycles. The second-order valence-corrected chi connectivity index (χ2v) is 17.0. The molecule has 2 aliphatic rings. The van der Waals surface area contributed by atoms with Crippen LogP contribution >= 0.6 is 0 Å². The summed E-state index contributed by atoms with van der Waals surface area (Å²) >= 11 is -2.19. The van der Waals surface area contributed by atoms with Crippen molar-refractivity contribution in [2.24, 2.45) is 0 Å². The average Bonchev–Trinajstić information content (AvgIpc) is 3.49.